The van der Waals surface area contributed by atoms with E-state index in [2.05, 4.69) is 4.72 Å². The number of nitrogens with zero attached hydrogens (tertiary/aromatic N) is 1. The number of likely N-dealkylation sites (tertiary alicyclic amines) is 1. The van der Waals surface area contributed by atoms with E-state index in [4.69, 9.17) is 21.0 Å². The van der Waals surface area contributed by atoms with Gasteiger partial charge < -0.3 is 15.7 Å². The maximum absolute atomic E-state index is 12.6. The normalized spacial score (nSPS) is 15.9. The van der Waals surface area contributed by atoms with Gasteiger partial charge in [-0.05, 0) is 30.0 Å². The number of hydrogen-bond donors (Lipinski definition) is 4. The molecule has 13 heteroatoms. The second-order valence-electron chi connectivity index (χ2n) is 7.69. The van der Waals surface area contributed by atoms with Crippen molar-refractivity contribution in [1.29, 1.82) is 5.41 Å². The lowest BCUT2D eigenvalue weighted by Crippen LogP contribution is -2.42. The number of amidine groups is 1. The molecule has 0 bridgehead atoms. The van der Waals surface area contributed by atoms with Crippen molar-refractivity contribution in [3.63, 3.8) is 0 Å². The minimum absolute atomic E-state index is 0.0290. The van der Waals surface area contributed by atoms with Crippen LogP contribution in [-0.2, 0) is 32.6 Å². The largest absolute Gasteiger partial charge is 0.490 e. The van der Waals surface area contributed by atoms with Gasteiger partial charge in [-0.2, -0.15) is 13.2 Å². The van der Waals surface area contributed by atoms with Crippen LogP contribution in [0.15, 0.2) is 54.6 Å². The van der Waals surface area contributed by atoms with E-state index in [1.165, 1.54) is 0 Å². The lowest BCUT2D eigenvalue weighted by molar-refractivity contribution is -0.192. The molecule has 2 aromatic rings. The van der Waals surface area contributed by atoms with Crippen LogP contribution >= 0.6 is 0 Å². The van der Waals surface area contributed by atoms with Crippen molar-refractivity contribution < 1.29 is 36.3 Å². The molecule has 0 saturated carbocycles. The van der Waals surface area contributed by atoms with Gasteiger partial charge in [-0.3, -0.25) is 10.2 Å². The molecule has 3 rings (SSSR count). The molecule has 1 aliphatic heterocycles. The number of hydrogen-bond acceptors (Lipinski definition) is 5. The first kappa shape index (κ1) is 27.8. The number of sulfonamides is 1. The summed E-state index contributed by atoms with van der Waals surface area (Å²) in [6, 6.07) is 15.8. The van der Waals surface area contributed by atoms with E-state index >= 15 is 0 Å². The van der Waals surface area contributed by atoms with Crippen LogP contribution in [-0.4, -0.2) is 60.7 Å². The predicted molar refractivity (Wildman–Crippen MR) is 122 cm³/mol. The fourth-order valence-electron chi connectivity index (χ4n) is 3.24. The topological polar surface area (TPSA) is 154 Å². The van der Waals surface area contributed by atoms with Gasteiger partial charge in [0, 0.05) is 18.7 Å². The summed E-state index contributed by atoms with van der Waals surface area (Å²) in [6.07, 6.45) is -4.24. The molecule has 1 fully saturated rings. The van der Waals surface area contributed by atoms with Crippen molar-refractivity contribution in [2.24, 2.45) is 5.73 Å². The van der Waals surface area contributed by atoms with Gasteiger partial charge in [-0.15, -0.1) is 0 Å². The van der Waals surface area contributed by atoms with Gasteiger partial charge in [-0.1, -0.05) is 48.5 Å². The highest BCUT2D eigenvalue weighted by Crippen LogP contribution is 2.17. The first-order valence-electron chi connectivity index (χ1n) is 10.3. The fourth-order valence-corrected chi connectivity index (χ4v) is 4.51. The Morgan fingerprint density at radius 2 is 1.74 bits per heavy atom. The minimum Gasteiger partial charge on any atom is -0.475 e. The summed E-state index contributed by atoms with van der Waals surface area (Å²) in [6.45, 7) is 0.844. The first-order chi connectivity index (χ1) is 16.3. The van der Waals surface area contributed by atoms with E-state index in [1.54, 1.807) is 23.1 Å². The molecule has 1 atom stereocenters. The standard InChI is InChI=1S/C20H24N4O3S.C2HF3O2/c21-19(22)17-8-4-7-16(13-17)14-24-11-9-18(20(24)25)23-28(26,27)12-10-15-5-2-1-3-6-15;3-2(4,5)1(6)7/h1-8,13,18,23H,9-12,14H2,(H3,21,22);(H,6,7)/t18-;/m0./s1. The molecule has 9 nitrogen and oxygen atoms in total. The van der Waals surface area contributed by atoms with Crippen molar-refractivity contribution >= 4 is 27.7 Å². The van der Waals surface area contributed by atoms with E-state index < -0.39 is 28.2 Å². The van der Waals surface area contributed by atoms with Gasteiger partial charge in [0.2, 0.25) is 15.9 Å². The number of nitrogens with two attached hydrogens (primary N) is 1. The summed E-state index contributed by atoms with van der Waals surface area (Å²) in [5, 5.41) is 14.6. The Balaban J connectivity index is 0.000000540. The van der Waals surface area contributed by atoms with Crippen LogP contribution in [0.2, 0.25) is 0 Å². The zero-order valence-corrected chi connectivity index (χ0v) is 19.3. The number of aryl methyl sites for hydroxylation is 1. The number of rotatable bonds is 8. The SMILES string of the molecule is N=C(N)c1cccc(CN2CC[C@H](NS(=O)(=O)CCc3ccccc3)C2=O)c1.O=C(O)C(F)(F)F. The Bertz CT molecular complexity index is 1160. The first-order valence-corrected chi connectivity index (χ1v) is 12.0. The fraction of sp³-hybridized carbons (Fsp3) is 0.318. The van der Waals surface area contributed by atoms with Crippen LogP contribution in [0.1, 0.15) is 23.1 Å². The molecule has 1 saturated heterocycles. The molecule has 0 radical (unpaired) electrons. The van der Waals surface area contributed by atoms with Crippen molar-refractivity contribution in [2.45, 2.75) is 31.6 Å². The predicted octanol–water partition coefficient (Wildman–Crippen LogP) is 1.87. The smallest absolute Gasteiger partial charge is 0.475 e. The molecule has 190 valence electrons. The van der Waals surface area contributed by atoms with E-state index in [9.17, 15) is 26.4 Å². The van der Waals surface area contributed by atoms with E-state index in [0.29, 0.717) is 31.5 Å². The van der Waals surface area contributed by atoms with Crippen molar-refractivity contribution in [1.82, 2.24) is 9.62 Å². The summed E-state index contributed by atoms with van der Waals surface area (Å²) >= 11 is 0. The monoisotopic (exact) mass is 514 g/mol. The van der Waals surface area contributed by atoms with E-state index in [1.807, 2.05) is 36.4 Å². The second-order valence-corrected chi connectivity index (χ2v) is 9.56. The molecular weight excluding hydrogens is 489 g/mol. The number of nitrogens with one attached hydrogen (secondary N) is 2. The number of aliphatic carboxylic acids is 1. The van der Waals surface area contributed by atoms with Crippen LogP contribution in [0.3, 0.4) is 0 Å². The molecule has 1 heterocycles. The quantitative estimate of drug-likeness (QED) is 0.312. The molecule has 1 aliphatic rings. The Labute approximate surface area is 200 Å². The van der Waals surface area contributed by atoms with E-state index in [-0.39, 0.29) is 17.5 Å². The molecule has 2 aromatic carbocycles. The highest BCUT2D eigenvalue weighted by atomic mass is 32.2. The molecule has 1 amide bonds. The third kappa shape index (κ3) is 9.02. The molecular formula is C22H25F3N4O5S. The third-order valence-electron chi connectivity index (χ3n) is 4.98. The number of carboxylic acids is 1. The summed E-state index contributed by atoms with van der Waals surface area (Å²) in [5.41, 5.74) is 7.90. The number of carboxylic acid groups (broad SMARTS) is 1. The Morgan fingerprint density at radius 1 is 1.14 bits per heavy atom. The number of alkyl halides is 3. The molecule has 0 spiro atoms. The number of carbonyl (C=O) groups excluding carboxylic acids is 1. The Morgan fingerprint density at radius 3 is 2.31 bits per heavy atom. The van der Waals surface area contributed by atoms with Gasteiger partial charge in [0.15, 0.2) is 0 Å². The second kappa shape index (κ2) is 11.8. The summed E-state index contributed by atoms with van der Waals surface area (Å²) in [5.74, 6) is -3.07. The molecule has 0 aliphatic carbocycles. The lowest BCUT2D eigenvalue weighted by atomic mass is 10.1. The number of halogens is 3. The molecule has 0 aromatic heterocycles. The highest BCUT2D eigenvalue weighted by Gasteiger charge is 2.38. The van der Waals surface area contributed by atoms with Gasteiger partial charge in [-0.25, -0.2) is 17.9 Å². The van der Waals surface area contributed by atoms with E-state index in [0.717, 1.165) is 11.1 Å². The van der Waals surface area contributed by atoms with Crippen LogP contribution in [0.4, 0.5) is 13.2 Å². The van der Waals surface area contributed by atoms with Crippen molar-refractivity contribution in [3.05, 3.63) is 71.3 Å². The molecule has 5 N–H and O–H groups in total. The summed E-state index contributed by atoms with van der Waals surface area (Å²) in [4.78, 5) is 23.1. The van der Waals surface area contributed by atoms with Crippen LogP contribution < -0.4 is 10.5 Å². The minimum atomic E-state index is -5.08. The van der Waals surface area contributed by atoms with Gasteiger partial charge in [0.25, 0.3) is 0 Å². The van der Waals surface area contributed by atoms with Gasteiger partial charge >= 0.3 is 12.1 Å². The zero-order valence-electron chi connectivity index (χ0n) is 18.5. The summed E-state index contributed by atoms with van der Waals surface area (Å²) < 4.78 is 59.0. The lowest BCUT2D eigenvalue weighted by Gasteiger charge is -2.18. The number of nitrogen functional groups attached to an aromatic ring is 1. The van der Waals surface area contributed by atoms with Crippen LogP contribution in [0.5, 0.6) is 0 Å². The maximum Gasteiger partial charge on any atom is 0.490 e. The Hall–Kier alpha value is -3.45. The summed E-state index contributed by atoms with van der Waals surface area (Å²) in [7, 11) is -3.55. The zero-order chi connectivity index (χ0) is 26.2. The molecule has 0 unspecified atom stereocenters. The van der Waals surface area contributed by atoms with Gasteiger partial charge in [0.1, 0.15) is 11.9 Å². The number of amides is 1. The molecule has 35 heavy (non-hydrogen) atoms. The number of benzene rings is 2. The average molecular weight is 515 g/mol. The average Bonchev–Trinajstić information content (AvgIpc) is 3.11. The Kier molecular flexibility index (Phi) is 9.37. The van der Waals surface area contributed by atoms with Crippen molar-refractivity contribution in [3.8, 4) is 0 Å². The maximum atomic E-state index is 12.6. The highest BCUT2D eigenvalue weighted by molar-refractivity contribution is 7.89. The van der Waals surface area contributed by atoms with Crippen LogP contribution in [0.25, 0.3) is 0 Å². The van der Waals surface area contributed by atoms with Gasteiger partial charge in [0.05, 0.1) is 5.75 Å². The van der Waals surface area contributed by atoms with Crippen LogP contribution in [0, 0.1) is 5.41 Å². The number of carbonyl (C=O) groups is 2. The van der Waals surface area contributed by atoms with Crippen molar-refractivity contribution in [2.75, 3.05) is 12.3 Å². The third-order valence-corrected chi connectivity index (χ3v) is 6.36.